The molecule has 104 valence electrons. The van der Waals surface area contributed by atoms with Crippen LogP contribution in [0.2, 0.25) is 0 Å². The molecule has 0 spiro atoms. The molecule has 2 N–H and O–H groups in total. The van der Waals surface area contributed by atoms with Gasteiger partial charge in [-0.15, -0.1) is 0 Å². The Balaban J connectivity index is 1.92. The molecule has 1 amide bonds. The Hall–Kier alpha value is -2.43. The van der Waals surface area contributed by atoms with Crippen molar-refractivity contribution in [3.05, 3.63) is 59.7 Å². The number of carbonyl (C=O) groups excluding carboxylic acids is 1. The first kappa shape index (κ1) is 14.0. The number of carbonyl (C=O) groups is 1. The maximum absolute atomic E-state index is 13.5. The van der Waals surface area contributed by atoms with Gasteiger partial charge in [0.25, 0.3) is 0 Å². The molecule has 0 radical (unpaired) electrons. The molecule has 0 saturated carbocycles. The SMILES string of the molecule is Cc1ccc(F)c(NCC(=O)Nc2ccc(F)cc2)c1. The molecular formula is C15H14F2N2O. The van der Waals surface area contributed by atoms with E-state index in [0.717, 1.165) is 5.56 Å². The van der Waals surface area contributed by atoms with Gasteiger partial charge in [-0.2, -0.15) is 0 Å². The van der Waals surface area contributed by atoms with Gasteiger partial charge in [0.15, 0.2) is 0 Å². The van der Waals surface area contributed by atoms with Gasteiger partial charge in [0, 0.05) is 5.69 Å². The second-order valence-electron chi connectivity index (χ2n) is 4.39. The number of anilines is 2. The van der Waals surface area contributed by atoms with E-state index in [-0.39, 0.29) is 24.0 Å². The quantitative estimate of drug-likeness (QED) is 0.899. The van der Waals surface area contributed by atoms with E-state index in [1.54, 1.807) is 12.1 Å². The molecule has 0 aliphatic carbocycles. The largest absolute Gasteiger partial charge is 0.374 e. The minimum absolute atomic E-state index is 0.0717. The van der Waals surface area contributed by atoms with Crippen LogP contribution in [0.5, 0.6) is 0 Å². The van der Waals surface area contributed by atoms with Gasteiger partial charge >= 0.3 is 0 Å². The van der Waals surface area contributed by atoms with E-state index in [2.05, 4.69) is 10.6 Å². The van der Waals surface area contributed by atoms with E-state index < -0.39 is 5.82 Å². The molecule has 0 saturated heterocycles. The van der Waals surface area contributed by atoms with Crippen LogP contribution in [0.3, 0.4) is 0 Å². The number of aryl methyl sites for hydroxylation is 1. The van der Waals surface area contributed by atoms with Crippen molar-refractivity contribution in [2.75, 3.05) is 17.2 Å². The summed E-state index contributed by atoms with van der Waals surface area (Å²) in [6.45, 7) is 1.76. The Kier molecular flexibility index (Phi) is 4.30. The maximum Gasteiger partial charge on any atom is 0.243 e. The van der Waals surface area contributed by atoms with Crippen molar-refractivity contribution in [1.29, 1.82) is 0 Å². The van der Waals surface area contributed by atoms with Crippen molar-refractivity contribution in [1.82, 2.24) is 0 Å². The van der Waals surface area contributed by atoms with E-state index in [9.17, 15) is 13.6 Å². The molecule has 0 heterocycles. The second-order valence-corrected chi connectivity index (χ2v) is 4.39. The number of hydrogen-bond donors (Lipinski definition) is 2. The standard InChI is InChI=1S/C15H14F2N2O/c1-10-2-7-13(17)14(8-10)18-9-15(20)19-12-5-3-11(16)4-6-12/h2-8,18H,9H2,1H3,(H,19,20). The molecule has 0 aromatic heterocycles. The van der Waals surface area contributed by atoms with Crippen molar-refractivity contribution in [3.63, 3.8) is 0 Å². The molecular weight excluding hydrogens is 262 g/mol. The summed E-state index contributed by atoms with van der Waals surface area (Å²) < 4.78 is 26.2. The molecule has 0 fully saturated rings. The topological polar surface area (TPSA) is 41.1 Å². The van der Waals surface area contributed by atoms with Crippen molar-refractivity contribution < 1.29 is 13.6 Å². The molecule has 0 aliphatic rings. The van der Waals surface area contributed by atoms with Crippen molar-refractivity contribution >= 4 is 17.3 Å². The van der Waals surface area contributed by atoms with E-state index in [4.69, 9.17) is 0 Å². The van der Waals surface area contributed by atoms with Crippen LogP contribution >= 0.6 is 0 Å². The van der Waals surface area contributed by atoms with Crippen LogP contribution in [0, 0.1) is 18.6 Å². The highest BCUT2D eigenvalue weighted by Crippen LogP contribution is 2.15. The number of nitrogens with one attached hydrogen (secondary N) is 2. The number of halogens is 2. The summed E-state index contributed by atoms with van der Waals surface area (Å²) in [4.78, 5) is 11.7. The summed E-state index contributed by atoms with van der Waals surface area (Å²) >= 11 is 0. The highest BCUT2D eigenvalue weighted by molar-refractivity contribution is 5.93. The van der Waals surface area contributed by atoms with Crippen LogP contribution in [0.1, 0.15) is 5.56 Å². The fourth-order valence-electron chi connectivity index (χ4n) is 1.69. The Morgan fingerprint density at radius 2 is 1.80 bits per heavy atom. The maximum atomic E-state index is 13.5. The van der Waals surface area contributed by atoms with Gasteiger partial charge in [0.05, 0.1) is 12.2 Å². The lowest BCUT2D eigenvalue weighted by Gasteiger charge is -2.09. The summed E-state index contributed by atoms with van der Waals surface area (Å²) in [5, 5.41) is 5.31. The first-order valence-electron chi connectivity index (χ1n) is 6.10. The third-order valence-corrected chi connectivity index (χ3v) is 2.69. The van der Waals surface area contributed by atoms with Crippen LogP contribution in [-0.2, 0) is 4.79 Å². The van der Waals surface area contributed by atoms with Crippen molar-refractivity contribution in [3.8, 4) is 0 Å². The van der Waals surface area contributed by atoms with Crippen LogP contribution in [0.25, 0.3) is 0 Å². The third kappa shape index (κ3) is 3.78. The van der Waals surface area contributed by atoms with Gasteiger partial charge in [-0.3, -0.25) is 4.79 Å². The summed E-state index contributed by atoms with van der Waals surface area (Å²) in [5.74, 6) is -1.12. The predicted octanol–water partition coefficient (Wildman–Crippen LogP) is 3.32. The summed E-state index contributed by atoms with van der Waals surface area (Å²) in [6.07, 6.45) is 0. The average molecular weight is 276 g/mol. The van der Waals surface area contributed by atoms with Crippen LogP contribution < -0.4 is 10.6 Å². The van der Waals surface area contributed by atoms with Gasteiger partial charge in [-0.25, -0.2) is 8.78 Å². The number of amides is 1. The van der Waals surface area contributed by atoms with Crippen LogP contribution in [0.15, 0.2) is 42.5 Å². The van der Waals surface area contributed by atoms with Crippen molar-refractivity contribution in [2.45, 2.75) is 6.92 Å². The van der Waals surface area contributed by atoms with Crippen molar-refractivity contribution in [2.24, 2.45) is 0 Å². The molecule has 0 bridgehead atoms. The zero-order valence-corrected chi connectivity index (χ0v) is 10.9. The number of rotatable bonds is 4. The predicted molar refractivity (Wildman–Crippen MR) is 74.7 cm³/mol. The number of hydrogen-bond acceptors (Lipinski definition) is 2. The Bertz CT molecular complexity index is 612. The molecule has 5 heteroatoms. The van der Waals surface area contributed by atoms with Gasteiger partial charge in [-0.1, -0.05) is 6.07 Å². The number of benzene rings is 2. The van der Waals surface area contributed by atoms with Gasteiger partial charge in [0.1, 0.15) is 11.6 Å². The van der Waals surface area contributed by atoms with Gasteiger partial charge < -0.3 is 10.6 Å². The lowest BCUT2D eigenvalue weighted by atomic mass is 10.2. The van der Waals surface area contributed by atoms with E-state index in [1.165, 1.54) is 30.3 Å². The lowest BCUT2D eigenvalue weighted by molar-refractivity contribution is -0.114. The zero-order chi connectivity index (χ0) is 14.5. The fraction of sp³-hybridized carbons (Fsp3) is 0.133. The van der Waals surface area contributed by atoms with Gasteiger partial charge in [0.2, 0.25) is 5.91 Å². The smallest absolute Gasteiger partial charge is 0.243 e. The average Bonchev–Trinajstić information content (AvgIpc) is 2.42. The summed E-state index contributed by atoms with van der Waals surface area (Å²) in [5.41, 5.74) is 1.66. The van der Waals surface area contributed by atoms with E-state index >= 15 is 0 Å². The molecule has 2 aromatic carbocycles. The first-order valence-corrected chi connectivity index (χ1v) is 6.10. The van der Waals surface area contributed by atoms with Crippen LogP contribution in [0.4, 0.5) is 20.2 Å². The summed E-state index contributed by atoms with van der Waals surface area (Å²) in [7, 11) is 0. The normalized spacial score (nSPS) is 10.2. The van der Waals surface area contributed by atoms with Crippen LogP contribution in [-0.4, -0.2) is 12.5 Å². The van der Waals surface area contributed by atoms with E-state index in [0.29, 0.717) is 5.69 Å². The lowest BCUT2D eigenvalue weighted by Crippen LogP contribution is -2.22. The first-order chi connectivity index (χ1) is 9.54. The third-order valence-electron chi connectivity index (χ3n) is 2.69. The van der Waals surface area contributed by atoms with E-state index in [1.807, 2.05) is 6.92 Å². The monoisotopic (exact) mass is 276 g/mol. The molecule has 20 heavy (non-hydrogen) atoms. The minimum Gasteiger partial charge on any atom is -0.374 e. The summed E-state index contributed by atoms with van der Waals surface area (Å²) in [6, 6.07) is 10.0. The Morgan fingerprint density at radius 3 is 2.50 bits per heavy atom. The Morgan fingerprint density at radius 1 is 1.10 bits per heavy atom. The minimum atomic E-state index is -0.412. The highest BCUT2D eigenvalue weighted by Gasteiger charge is 2.05. The van der Waals surface area contributed by atoms with Gasteiger partial charge in [-0.05, 0) is 48.9 Å². The molecule has 0 atom stereocenters. The molecule has 2 rings (SSSR count). The molecule has 0 aliphatic heterocycles. The molecule has 3 nitrogen and oxygen atoms in total. The highest BCUT2D eigenvalue weighted by atomic mass is 19.1. The zero-order valence-electron chi connectivity index (χ0n) is 10.9. The Labute approximate surface area is 115 Å². The fourth-order valence-corrected chi connectivity index (χ4v) is 1.69. The second kappa shape index (κ2) is 6.14. The molecule has 2 aromatic rings. The molecule has 0 unspecified atom stereocenters.